The van der Waals surface area contributed by atoms with Gasteiger partial charge in [-0.3, -0.25) is 4.90 Å². The zero-order valence-corrected chi connectivity index (χ0v) is 11.4. The molecule has 1 N–H and O–H groups in total. The van der Waals surface area contributed by atoms with Crippen molar-refractivity contribution >= 4 is 0 Å². The Hall–Kier alpha value is -1.22. The second kappa shape index (κ2) is 6.10. The Kier molecular flexibility index (Phi) is 4.48. The smallest absolute Gasteiger partial charge is 0.160 e. The summed E-state index contributed by atoms with van der Waals surface area (Å²) in [6.07, 6.45) is 3.92. The molecule has 0 saturated carbocycles. The number of phenols is 1. The minimum Gasteiger partial charge on any atom is -0.504 e. The molecule has 1 aliphatic rings. The Labute approximate surface area is 109 Å². The Morgan fingerprint density at radius 2 is 2.17 bits per heavy atom. The Balaban J connectivity index is 2.00. The number of phenolic OH excluding ortho intramolecular Hbond substituents is 1. The van der Waals surface area contributed by atoms with Crippen molar-refractivity contribution < 1.29 is 9.84 Å². The van der Waals surface area contributed by atoms with E-state index in [0.717, 1.165) is 12.5 Å². The van der Waals surface area contributed by atoms with Gasteiger partial charge in [0.05, 0.1) is 7.11 Å². The summed E-state index contributed by atoms with van der Waals surface area (Å²) in [7, 11) is 1.59. The molecule has 1 atom stereocenters. The van der Waals surface area contributed by atoms with Gasteiger partial charge in [-0.2, -0.15) is 0 Å². The maximum Gasteiger partial charge on any atom is 0.160 e. The summed E-state index contributed by atoms with van der Waals surface area (Å²) in [4.78, 5) is 2.50. The van der Waals surface area contributed by atoms with Crippen molar-refractivity contribution in [3.05, 3.63) is 23.8 Å². The van der Waals surface area contributed by atoms with Crippen molar-refractivity contribution in [3.8, 4) is 11.5 Å². The molecule has 0 bridgehead atoms. The molecule has 18 heavy (non-hydrogen) atoms. The molecule has 1 unspecified atom stereocenters. The van der Waals surface area contributed by atoms with Crippen LogP contribution >= 0.6 is 0 Å². The molecule has 2 rings (SSSR count). The lowest BCUT2D eigenvalue weighted by atomic mass is 10.0. The lowest BCUT2D eigenvalue weighted by Gasteiger charge is -2.20. The van der Waals surface area contributed by atoms with E-state index in [1.165, 1.54) is 37.9 Å². The number of nitrogens with zero attached hydrogens (tertiary/aromatic N) is 1. The number of methoxy groups -OCH3 is 1. The minimum atomic E-state index is 0.214. The van der Waals surface area contributed by atoms with Gasteiger partial charge in [-0.1, -0.05) is 13.0 Å². The number of likely N-dealkylation sites (tertiary alicyclic amines) is 1. The van der Waals surface area contributed by atoms with Crippen molar-refractivity contribution in [2.24, 2.45) is 5.92 Å². The van der Waals surface area contributed by atoms with Gasteiger partial charge < -0.3 is 9.84 Å². The number of hydrogen-bond acceptors (Lipinski definition) is 3. The maximum atomic E-state index is 9.58. The molecule has 3 heteroatoms. The normalized spacial score (nSPS) is 21.6. The van der Waals surface area contributed by atoms with Gasteiger partial charge in [-0.25, -0.2) is 0 Å². The van der Waals surface area contributed by atoms with Crippen molar-refractivity contribution in [2.45, 2.75) is 32.7 Å². The average molecular weight is 249 g/mol. The molecule has 1 aromatic carbocycles. The minimum absolute atomic E-state index is 0.214. The molecular weight excluding hydrogens is 226 g/mol. The fourth-order valence-corrected chi connectivity index (χ4v) is 2.56. The van der Waals surface area contributed by atoms with Gasteiger partial charge >= 0.3 is 0 Å². The summed E-state index contributed by atoms with van der Waals surface area (Å²) in [5.41, 5.74) is 1.21. The van der Waals surface area contributed by atoms with E-state index in [4.69, 9.17) is 4.74 Å². The highest BCUT2D eigenvalue weighted by atomic mass is 16.5. The van der Waals surface area contributed by atoms with Gasteiger partial charge in [0.25, 0.3) is 0 Å². The van der Waals surface area contributed by atoms with E-state index in [9.17, 15) is 5.11 Å². The Bertz CT molecular complexity index is 392. The summed E-state index contributed by atoms with van der Waals surface area (Å²) < 4.78 is 5.15. The topological polar surface area (TPSA) is 32.7 Å². The Morgan fingerprint density at radius 1 is 1.33 bits per heavy atom. The van der Waals surface area contributed by atoms with Crippen LogP contribution in [-0.2, 0) is 6.54 Å². The van der Waals surface area contributed by atoms with Crippen LogP contribution in [-0.4, -0.2) is 30.2 Å². The predicted octanol–water partition coefficient (Wildman–Crippen LogP) is 3.02. The lowest BCUT2D eigenvalue weighted by molar-refractivity contribution is 0.273. The number of aromatic hydroxyl groups is 1. The van der Waals surface area contributed by atoms with E-state index in [2.05, 4.69) is 11.8 Å². The Morgan fingerprint density at radius 3 is 2.94 bits per heavy atom. The van der Waals surface area contributed by atoms with Crippen LogP contribution in [0.3, 0.4) is 0 Å². The number of rotatable bonds is 3. The van der Waals surface area contributed by atoms with Crippen LogP contribution in [0.5, 0.6) is 11.5 Å². The quantitative estimate of drug-likeness (QED) is 0.893. The van der Waals surface area contributed by atoms with Gasteiger partial charge in [-0.05, 0) is 56.0 Å². The first-order valence-corrected chi connectivity index (χ1v) is 6.77. The molecule has 1 saturated heterocycles. The van der Waals surface area contributed by atoms with Gasteiger partial charge in [0, 0.05) is 6.54 Å². The van der Waals surface area contributed by atoms with Crippen LogP contribution in [0.4, 0.5) is 0 Å². The van der Waals surface area contributed by atoms with Crippen LogP contribution in [0, 0.1) is 5.92 Å². The van der Waals surface area contributed by atoms with Crippen LogP contribution in [0.15, 0.2) is 18.2 Å². The highest BCUT2D eigenvalue weighted by molar-refractivity contribution is 5.41. The number of hydrogen-bond donors (Lipinski definition) is 1. The van der Waals surface area contributed by atoms with Gasteiger partial charge in [-0.15, -0.1) is 0 Å². The zero-order chi connectivity index (χ0) is 13.0. The molecule has 1 fully saturated rings. The van der Waals surface area contributed by atoms with Crippen molar-refractivity contribution in [1.82, 2.24) is 4.90 Å². The predicted molar refractivity (Wildman–Crippen MR) is 73.0 cm³/mol. The monoisotopic (exact) mass is 249 g/mol. The molecule has 1 aliphatic heterocycles. The third-order valence-electron chi connectivity index (χ3n) is 3.76. The van der Waals surface area contributed by atoms with Crippen molar-refractivity contribution in [2.75, 3.05) is 20.2 Å². The molecule has 0 aliphatic carbocycles. The van der Waals surface area contributed by atoms with Crippen LogP contribution in [0.1, 0.15) is 31.7 Å². The third kappa shape index (κ3) is 3.39. The molecular formula is C15H23NO2. The average Bonchev–Trinajstić information content (AvgIpc) is 2.57. The first kappa shape index (κ1) is 13.2. The van der Waals surface area contributed by atoms with Crippen molar-refractivity contribution in [3.63, 3.8) is 0 Å². The summed E-state index contributed by atoms with van der Waals surface area (Å²) in [5.74, 6) is 1.63. The van der Waals surface area contributed by atoms with Gasteiger partial charge in [0.15, 0.2) is 11.5 Å². The van der Waals surface area contributed by atoms with E-state index in [1.54, 1.807) is 13.2 Å². The SMILES string of the molecule is COc1cc(CN2CCCC(C)CC2)ccc1O. The van der Waals surface area contributed by atoms with E-state index >= 15 is 0 Å². The molecule has 3 nitrogen and oxygen atoms in total. The summed E-state index contributed by atoms with van der Waals surface area (Å²) in [6, 6.07) is 5.63. The van der Waals surface area contributed by atoms with Crippen LogP contribution < -0.4 is 4.74 Å². The molecule has 0 aromatic heterocycles. The summed E-state index contributed by atoms with van der Waals surface area (Å²) >= 11 is 0. The van der Waals surface area contributed by atoms with E-state index in [-0.39, 0.29) is 5.75 Å². The standard InChI is InChI=1S/C15H23NO2/c1-12-4-3-8-16(9-7-12)11-13-5-6-14(17)15(10-13)18-2/h5-6,10,12,17H,3-4,7-9,11H2,1-2H3. The fourth-order valence-electron chi connectivity index (χ4n) is 2.56. The maximum absolute atomic E-state index is 9.58. The number of ether oxygens (including phenoxy) is 1. The lowest BCUT2D eigenvalue weighted by Crippen LogP contribution is -2.24. The first-order valence-electron chi connectivity index (χ1n) is 6.77. The largest absolute Gasteiger partial charge is 0.504 e. The summed E-state index contributed by atoms with van der Waals surface area (Å²) in [5, 5.41) is 9.58. The van der Waals surface area contributed by atoms with Crippen LogP contribution in [0.25, 0.3) is 0 Å². The second-order valence-corrected chi connectivity index (χ2v) is 5.32. The third-order valence-corrected chi connectivity index (χ3v) is 3.76. The van der Waals surface area contributed by atoms with Gasteiger partial charge in [0.2, 0.25) is 0 Å². The molecule has 1 heterocycles. The highest BCUT2D eigenvalue weighted by Gasteiger charge is 2.14. The van der Waals surface area contributed by atoms with Crippen molar-refractivity contribution in [1.29, 1.82) is 0 Å². The van der Waals surface area contributed by atoms with E-state index < -0.39 is 0 Å². The zero-order valence-electron chi connectivity index (χ0n) is 11.4. The summed E-state index contributed by atoms with van der Waals surface area (Å²) in [6.45, 7) is 5.63. The molecule has 0 spiro atoms. The second-order valence-electron chi connectivity index (χ2n) is 5.32. The van der Waals surface area contributed by atoms with E-state index in [1.807, 2.05) is 12.1 Å². The highest BCUT2D eigenvalue weighted by Crippen LogP contribution is 2.27. The van der Waals surface area contributed by atoms with E-state index in [0.29, 0.717) is 5.75 Å². The first-order chi connectivity index (χ1) is 8.69. The molecule has 100 valence electrons. The number of benzene rings is 1. The van der Waals surface area contributed by atoms with Crippen LogP contribution in [0.2, 0.25) is 0 Å². The molecule has 0 radical (unpaired) electrons. The fraction of sp³-hybridized carbons (Fsp3) is 0.600. The molecule has 0 amide bonds. The molecule has 1 aromatic rings. The van der Waals surface area contributed by atoms with Gasteiger partial charge in [0.1, 0.15) is 0 Å².